The van der Waals surface area contributed by atoms with Crippen molar-refractivity contribution in [1.82, 2.24) is 9.47 Å². The average molecular weight is 221 g/mol. The van der Waals surface area contributed by atoms with Crippen LogP contribution in [0.15, 0.2) is 27.4 Å². The molecule has 0 bridgehead atoms. The van der Waals surface area contributed by atoms with Crippen molar-refractivity contribution in [1.29, 1.82) is 0 Å². The maximum Gasteiger partial charge on any atom is 0.420 e. The van der Waals surface area contributed by atoms with E-state index in [2.05, 4.69) is 0 Å². The highest BCUT2D eigenvalue weighted by molar-refractivity contribution is 5.85. The van der Waals surface area contributed by atoms with E-state index >= 15 is 0 Å². The summed E-state index contributed by atoms with van der Waals surface area (Å²) >= 11 is 0. The van der Waals surface area contributed by atoms with Crippen LogP contribution in [0.4, 0.5) is 5.69 Å². The van der Waals surface area contributed by atoms with Gasteiger partial charge in [-0.15, -0.1) is 0 Å². The van der Waals surface area contributed by atoms with E-state index in [1.165, 1.54) is 0 Å². The summed E-state index contributed by atoms with van der Waals surface area (Å²) in [7, 11) is 3.91. The van der Waals surface area contributed by atoms with Crippen molar-refractivity contribution in [2.24, 2.45) is 0 Å². The molecular weight excluding hydrogens is 206 g/mol. The van der Waals surface area contributed by atoms with Crippen molar-refractivity contribution in [2.75, 3.05) is 26.4 Å². The van der Waals surface area contributed by atoms with Gasteiger partial charge in [-0.25, -0.2) is 4.79 Å². The molecule has 0 radical (unpaired) electrons. The van der Waals surface area contributed by atoms with Crippen LogP contribution in [0.3, 0.4) is 0 Å². The molecule has 2 N–H and O–H groups in total. The molecule has 5 heteroatoms. The van der Waals surface area contributed by atoms with Gasteiger partial charge in [-0.3, -0.25) is 4.57 Å². The second-order valence-electron chi connectivity index (χ2n) is 4.02. The van der Waals surface area contributed by atoms with E-state index in [4.69, 9.17) is 10.2 Å². The third-order valence-electron chi connectivity index (χ3n) is 2.49. The molecular formula is C11H15N3O2. The normalized spacial score (nSPS) is 11.4. The standard InChI is InChI=1S/C11H15N3O2/c1-13(2)6-7-14-10-8(12)4-3-5-9(10)16-11(14)15/h3-5H,6-7,12H2,1-2H3. The molecule has 0 atom stereocenters. The van der Waals surface area contributed by atoms with Crippen molar-refractivity contribution in [2.45, 2.75) is 6.54 Å². The van der Waals surface area contributed by atoms with E-state index in [0.29, 0.717) is 23.3 Å². The third kappa shape index (κ3) is 1.81. The van der Waals surface area contributed by atoms with Crippen LogP contribution in [-0.2, 0) is 6.54 Å². The Morgan fingerprint density at radius 3 is 2.88 bits per heavy atom. The molecule has 0 saturated heterocycles. The third-order valence-corrected chi connectivity index (χ3v) is 2.49. The summed E-state index contributed by atoms with van der Waals surface area (Å²) in [5.41, 5.74) is 7.65. The van der Waals surface area contributed by atoms with Gasteiger partial charge in [-0.1, -0.05) is 6.07 Å². The van der Waals surface area contributed by atoms with Crippen molar-refractivity contribution in [3.63, 3.8) is 0 Å². The van der Waals surface area contributed by atoms with Crippen LogP contribution in [0.5, 0.6) is 0 Å². The van der Waals surface area contributed by atoms with Gasteiger partial charge in [0.15, 0.2) is 5.58 Å². The van der Waals surface area contributed by atoms with Gasteiger partial charge < -0.3 is 15.1 Å². The zero-order valence-electron chi connectivity index (χ0n) is 9.43. The summed E-state index contributed by atoms with van der Waals surface area (Å²) < 4.78 is 6.70. The highest BCUT2D eigenvalue weighted by atomic mass is 16.4. The smallest absolute Gasteiger partial charge is 0.408 e. The quantitative estimate of drug-likeness (QED) is 0.776. The van der Waals surface area contributed by atoms with Crippen LogP contribution in [-0.4, -0.2) is 30.1 Å². The first kappa shape index (κ1) is 10.8. The number of benzene rings is 1. The molecule has 0 amide bonds. The average Bonchev–Trinajstić information content (AvgIpc) is 2.52. The first-order valence-corrected chi connectivity index (χ1v) is 5.12. The maximum atomic E-state index is 11.6. The molecule has 2 aromatic rings. The molecule has 1 aromatic carbocycles. The number of para-hydroxylation sites is 1. The number of hydrogen-bond donors (Lipinski definition) is 1. The van der Waals surface area contributed by atoms with Gasteiger partial charge in [0.25, 0.3) is 0 Å². The van der Waals surface area contributed by atoms with Crippen LogP contribution < -0.4 is 11.5 Å². The van der Waals surface area contributed by atoms with Crippen LogP contribution in [0.2, 0.25) is 0 Å². The van der Waals surface area contributed by atoms with Gasteiger partial charge in [-0.05, 0) is 26.2 Å². The lowest BCUT2D eigenvalue weighted by Gasteiger charge is -2.09. The number of nitrogen functional groups attached to an aromatic ring is 1. The number of nitrogens with zero attached hydrogens (tertiary/aromatic N) is 2. The number of aromatic nitrogens is 1. The fourth-order valence-electron chi connectivity index (χ4n) is 1.65. The highest BCUT2D eigenvalue weighted by Gasteiger charge is 2.11. The second kappa shape index (κ2) is 4.02. The summed E-state index contributed by atoms with van der Waals surface area (Å²) in [6.07, 6.45) is 0. The minimum absolute atomic E-state index is 0.352. The van der Waals surface area contributed by atoms with Crippen molar-refractivity contribution < 1.29 is 4.42 Å². The van der Waals surface area contributed by atoms with E-state index < -0.39 is 0 Å². The predicted molar refractivity (Wildman–Crippen MR) is 63.4 cm³/mol. The molecule has 86 valence electrons. The Bertz CT molecular complexity index is 554. The number of anilines is 1. The predicted octanol–water partition coefficient (Wildman–Crippen LogP) is 0.738. The van der Waals surface area contributed by atoms with E-state index in [1.807, 2.05) is 19.0 Å². The molecule has 0 aliphatic carbocycles. The lowest BCUT2D eigenvalue weighted by molar-refractivity contribution is 0.374. The Labute approximate surface area is 93.1 Å². The topological polar surface area (TPSA) is 64.4 Å². The van der Waals surface area contributed by atoms with Gasteiger partial charge in [0.1, 0.15) is 5.52 Å². The van der Waals surface area contributed by atoms with Crippen molar-refractivity contribution >= 4 is 16.8 Å². The number of fused-ring (bicyclic) bond motifs is 1. The monoisotopic (exact) mass is 221 g/mol. The molecule has 16 heavy (non-hydrogen) atoms. The fraction of sp³-hybridized carbons (Fsp3) is 0.364. The SMILES string of the molecule is CN(C)CCn1c(=O)oc2cccc(N)c21. The van der Waals surface area contributed by atoms with Crippen LogP contribution in [0.25, 0.3) is 11.1 Å². The Balaban J connectivity index is 2.51. The number of hydrogen-bond acceptors (Lipinski definition) is 4. The van der Waals surface area contributed by atoms with Crippen LogP contribution in [0.1, 0.15) is 0 Å². The first-order valence-electron chi connectivity index (χ1n) is 5.12. The van der Waals surface area contributed by atoms with Gasteiger partial charge >= 0.3 is 5.76 Å². The largest absolute Gasteiger partial charge is 0.420 e. The summed E-state index contributed by atoms with van der Waals surface area (Å²) in [6, 6.07) is 5.29. The molecule has 0 spiro atoms. The Morgan fingerprint density at radius 2 is 2.19 bits per heavy atom. The van der Waals surface area contributed by atoms with Gasteiger partial charge in [0.05, 0.1) is 5.69 Å². The Hall–Kier alpha value is -1.75. The summed E-state index contributed by atoms with van der Waals surface area (Å²) in [6.45, 7) is 1.34. The summed E-state index contributed by atoms with van der Waals surface area (Å²) in [5, 5.41) is 0. The number of oxazole rings is 1. The molecule has 0 aliphatic rings. The van der Waals surface area contributed by atoms with Crippen molar-refractivity contribution in [3.8, 4) is 0 Å². The lowest BCUT2D eigenvalue weighted by Crippen LogP contribution is -2.23. The molecule has 0 saturated carbocycles. The molecule has 0 aliphatic heterocycles. The van der Waals surface area contributed by atoms with E-state index in [1.54, 1.807) is 22.8 Å². The minimum atomic E-state index is -0.352. The van der Waals surface area contributed by atoms with E-state index in [9.17, 15) is 4.79 Å². The van der Waals surface area contributed by atoms with Crippen molar-refractivity contribution in [3.05, 3.63) is 28.7 Å². The lowest BCUT2D eigenvalue weighted by atomic mass is 10.3. The molecule has 5 nitrogen and oxygen atoms in total. The van der Waals surface area contributed by atoms with Crippen LogP contribution in [0, 0.1) is 0 Å². The number of rotatable bonds is 3. The second-order valence-corrected chi connectivity index (χ2v) is 4.02. The fourth-order valence-corrected chi connectivity index (χ4v) is 1.65. The highest BCUT2D eigenvalue weighted by Crippen LogP contribution is 2.19. The number of likely N-dealkylation sites (N-methyl/N-ethyl adjacent to an activating group) is 1. The summed E-state index contributed by atoms with van der Waals surface area (Å²) in [5.74, 6) is -0.352. The van der Waals surface area contributed by atoms with E-state index in [-0.39, 0.29) is 5.76 Å². The van der Waals surface area contributed by atoms with Gasteiger partial charge in [0.2, 0.25) is 0 Å². The molecule has 1 heterocycles. The number of nitrogens with two attached hydrogens (primary N) is 1. The first-order chi connectivity index (χ1) is 7.59. The van der Waals surface area contributed by atoms with E-state index in [0.717, 1.165) is 6.54 Å². The van der Waals surface area contributed by atoms with Crippen LogP contribution >= 0.6 is 0 Å². The molecule has 0 fully saturated rings. The molecule has 0 unspecified atom stereocenters. The Morgan fingerprint density at radius 1 is 1.44 bits per heavy atom. The minimum Gasteiger partial charge on any atom is -0.408 e. The molecule has 1 aromatic heterocycles. The Kier molecular flexibility index (Phi) is 2.70. The zero-order chi connectivity index (χ0) is 11.7. The van der Waals surface area contributed by atoms with Gasteiger partial charge in [-0.2, -0.15) is 0 Å². The maximum absolute atomic E-state index is 11.6. The van der Waals surface area contributed by atoms with Gasteiger partial charge in [0, 0.05) is 13.1 Å². The molecule has 2 rings (SSSR count). The zero-order valence-corrected chi connectivity index (χ0v) is 9.43. The summed E-state index contributed by atoms with van der Waals surface area (Å²) in [4.78, 5) is 13.6.